The molecule has 1 saturated carbocycles. The molecule has 7 rings (SSSR count). The SMILES string of the molecule is C[C@H]1CC2C(=O)N(c3ccc(-c4nncn4C)cc3)c3c(CC4CCC4)cnn3C2CN1C(=O)c1ccc(Cl)c(C(F)(F)F)c1. The molecule has 3 atom stereocenters. The Kier molecular flexibility index (Phi) is 7.22. The van der Waals surface area contributed by atoms with Crippen LogP contribution in [0.4, 0.5) is 24.7 Å². The van der Waals surface area contributed by atoms with Crippen LogP contribution >= 0.6 is 11.6 Å². The van der Waals surface area contributed by atoms with Crippen molar-refractivity contribution < 1.29 is 22.8 Å². The third-order valence-corrected chi connectivity index (χ3v) is 9.82. The maximum absolute atomic E-state index is 14.4. The number of hydrogen-bond donors (Lipinski definition) is 0. The highest BCUT2D eigenvalue weighted by Gasteiger charge is 2.49. The molecule has 45 heavy (non-hydrogen) atoms. The molecular weight excluding hydrogens is 607 g/mol. The summed E-state index contributed by atoms with van der Waals surface area (Å²) in [5.74, 6) is 0.801. The van der Waals surface area contributed by atoms with Crippen LogP contribution in [0.1, 0.15) is 60.1 Å². The molecule has 4 aromatic rings. The highest BCUT2D eigenvalue weighted by molar-refractivity contribution is 6.31. The van der Waals surface area contributed by atoms with Gasteiger partial charge in [-0.25, -0.2) is 4.68 Å². The minimum atomic E-state index is -4.70. The van der Waals surface area contributed by atoms with Crippen molar-refractivity contribution in [3.05, 3.63) is 76.7 Å². The zero-order valence-electron chi connectivity index (χ0n) is 24.7. The molecule has 234 valence electrons. The predicted octanol–water partition coefficient (Wildman–Crippen LogP) is 6.46. The summed E-state index contributed by atoms with van der Waals surface area (Å²) in [5.41, 5.74) is 1.37. The van der Waals surface area contributed by atoms with Gasteiger partial charge in [0.05, 0.1) is 34.4 Å². The zero-order chi connectivity index (χ0) is 31.6. The van der Waals surface area contributed by atoms with E-state index in [1.807, 2.05) is 53.7 Å². The monoisotopic (exact) mass is 637 g/mol. The molecule has 2 unspecified atom stereocenters. The number of hydrogen-bond acceptors (Lipinski definition) is 5. The highest BCUT2D eigenvalue weighted by atomic mass is 35.5. The summed E-state index contributed by atoms with van der Waals surface area (Å²) < 4.78 is 44.4. The van der Waals surface area contributed by atoms with Crippen molar-refractivity contribution in [1.82, 2.24) is 29.4 Å². The summed E-state index contributed by atoms with van der Waals surface area (Å²) >= 11 is 5.82. The number of fused-ring (bicyclic) bond motifs is 3. The van der Waals surface area contributed by atoms with Crippen molar-refractivity contribution in [2.45, 2.75) is 57.3 Å². The smallest absolute Gasteiger partial charge is 0.334 e. The van der Waals surface area contributed by atoms with Crippen molar-refractivity contribution in [3.63, 3.8) is 0 Å². The van der Waals surface area contributed by atoms with E-state index >= 15 is 0 Å². The Morgan fingerprint density at radius 2 is 1.87 bits per heavy atom. The van der Waals surface area contributed by atoms with Crippen molar-refractivity contribution in [1.29, 1.82) is 0 Å². The van der Waals surface area contributed by atoms with Crippen LogP contribution in [0.25, 0.3) is 11.4 Å². The van der Waals surface area contributed by atoms with Crippen molar-refractivity contribution in [2.75, 3.05) is 11.4 Å². The summed E-state index contributed by atoms with van der Waals surface area (Å²) in [7, 11) is 1.86. The Balaban J connectivity index is 1.25. The zero-order valence-corrected chi connectivity index (χ0v) is 25.5. The molecule has 0 N–H and O–H groups in total. The molecule has 4 heterocycles. The Bertz CT molecular complexity index is 1780. The van der Waals surface area contributed by atoms with Crippen molar-refractivity contribution >= 4 is 34.9 Å². The van der Waals surface area contributed by atoms with Crippen molar-refractivity contribution in [3.8, 4) is 11.4 Å². The molecule has 2 amide bonds. The van der Waals surface area contributed by atoms with Crippen LogP contribution < -0.4 is 4.90 Å². The lowest BCUT2D eigenvalue weighted by atomic mass is 9.80. The standard InChI is InChI=1S/C32H31ClF3N7O2/c1-18-12-24-27(16-41(18)30(44)21-8-11-26(33)25(14-21)32(34,35)36)43-29(22(15-38-43)13-19-4-3-5-19)42(31(24)45)23-9-6-20(7-10-23)28-39-37-17-40(28)2/h6-11,14-15,17-19,24,27H,3-5,12-13,16H2,1-2H3/t18-,24?,27?/m0/s1. The maximum atomic E-state index is 14.4. The first kappa shape index (κ1) is 29.5. The van der Waals surface area contributed by atoms with E-state index in [0.717, 1.165) is 42.5 Å². The lowest BCUT2D eigenvalue weighted by molar-refractivity contribution is -0.137. The number of anilines is 2. The normalized spacial score (nSPS) is 21.8. The van der Waals surface area contributed by atoms with Gasteiger partial charge in [-0.2, -0.15) is 18.3 Å². The van der Waals surface area contributed by atoms with Gasteiger partial charge in [-0.05, 0) is 68.1 Å². The van der Waals surface area contributed by atoms with Gasteiger partial charge in [0.25, 0.3) is 5.91 Å². The van der Waals surface area contributed by atoms with Gasteiger partial charge in [-0.1, -0.05) is 30.9 Å². The van der Waals surface area contributed by atoms with E-state index in [2.05, 4.69) is 10.2 Å². The van der Waals surface area contributed by atoms with Crippen LogP contribution in [0, 0.1) is 11.8 Å². The van der Waals surface area contributed by atoms with E-state index in [9.17, 15) is 22.8 Å². The van der Waals surface area contributed by atoms with E-state index in [1.165, 1.54) is 12.5 Å². The second-order valence-electron chi connectivity index (χ2n) is 12.3. The average molecular weight is 638 g/mol. The molecule has 1 saturated heterocycles. The molecular formula is C32H31ClF3N7O2. The summed E-state index contributed by atoms with van der Waals surface area (Å²) in [5, 5.41) is 12.5. The van der Waals surface area contributed by atoms with Crippen LogP contribution in [-0.4, -0.2) is 53.8 Å². The Morgan fingerprint density at radius 3 is 2.51 bits per heavy atom. The van der Waals surface area contributed by atoms with Crippen LogP contribution in [-0.2, 0) is 24.4 Å². The van der Waals surface area contributed by atoms with Gasteiger partial charge in [0.15, 0.2) is 5.82 Å². The number of carbonyl (C=O) groups is 2. The molecule has 2 aliphatic heterocycles. The quantitative estimate of drug-likeness (QED) is 0.251. The third kappa shape index (κ3) is 5.08. The fourth-order valence-corrected chi connectivity index (χ4v) is 7.08. The Morgan fingerprint density at radius 1 is 1.11 bits per heavy atom. The fraction of sp³-hybridized carbons (Fsp3) is 0.406. The van der Waals surface area contributed by atoms with Gasteiger partial charge in [0, 0.05) is 36.3 Å². The molecule has 1 aliphatic carbocycles. The number of amides is 2. The third-order valence-electron chi connectivity index (χ3n) is 9.49. The molecule has 0 spiro atoms. The summed E-state index contributed by atoms with van der Waals surface area (Å²) in [6.07, 6.45) is 3.30. The molecule has 13 heteroatoms. The van der Waals surface area contributed by atoms with Gasteiger partial charge < -0.3 is 9.47 Å². The number of piperidine rings is 1. The number of rotatable bonds is 5. The number of halogens is 4. The summed E-state index contributed by atoms with van der Waals surface area (Å²) in [4.78, 5) is 31.4. The number of carbonyl (C=O) groups excluding carboxylic acids is 2. The molecule has 2 fully saturated rings. The molecule has 3 aliphatic rings. The van der Waals surface area contributed by atoms with Gasteiger partial charge in [-0.3, -0.25) is 14.5 Å². The average Bonchev–Trinajstić information content (AvgIpc) is 3.61. The number of likely N-dealkylation sites (tertiary alicyclic amines) is 1. The number of alkyl halides is 3. The van der Waals surface area contributed by atoms with Crippen molar-refractivity contribution in [2.24, 2.45) is 18.9 Å². The largest absolute Gasteiger partial charge is 0.417 e. The second kappa shape index (κ2) is 11.0. The number of benzene rings is 2. The van der Waals surface area contributed by atoms with E-state index < -0.39 is 40.7 Å². The van der Waals surface area contributed by atoms with Crippen LogP contribution in [0.3, 0.4) is 0 Å². The van der Waals surface area contributed by atoms with E-state index in [1.54, 1.807) is 16.1 Å². The minimum absolute atomic E-state index is 0.0842. The first-order chi connectivity index (χ1) is 21.5. The topological polar surface area (TPSA) is 89.2 Å². The second-order valence-corrected chi connectivity index (χ2v) is 12.7. The highest BCUT2D eigenvalue weighted by Crippen LogP contribution is 2.46. The van der Waals surface area contributed by atoms with E-state index in [-0.39, 0.29) is 18.0 Å². The predicted molar refractivity (Wildman–Crippen MR) is 161 cm³/mol. The Labute approximate surface area is 262 Å². The molecule has 0 radical (unpaired) electrons. The van der Waals surface area contributed by atoms with Gasteiger partial charge >= 0.3 is 6.18 Å². The fourth-order valence-electron chi connectivity index (χ4n) is 6.85. The number of aryl methyl sites for hydroxylation is 1. The molecule has 2 aromatic carbocycles. The van der Waals surface area contributed by atoms with E-state index in [4.69, 9.17) is 16.7 Å². The number of nitrogens with zero attached hydrogens (tertiary/aromatic N) is 7. The molecule has 9 nitrogen and oxygen atoms in total. The van der Waals surface area contributed by atoms with Crippen LogP contribution in [0.2, 0.25) is 5.02 Å². The lowest BCUT2D eigenvalue weighted by Gasteiger charge is -2.47. The van der Waals surface area contributed by atoms with Gasteiger partial charge in [0.1, 0.15) is 12.1 Å². The van der Waals surface area contributed by atoms with Crippen LogP contribution in [0.5, 0.6) is 0 Å². The lowest BCUT2D eigenvalue weighted by Crippen LogP contribution is -2.56. The summed E-state index contributed by atoms with van der Waals surface area (Å²) in [6, 6.07) is 9.97. The number of aromatic nitrogens is 5. The van der Waals surface area contributed by atoms with Gasteiger partial charge in [-0.15, -0.1) is 10.2 Å². The first-order valence-corrected chi connectivity index (χ1v) is 15.4. The van der Waals surface area contributed by atoms with Crippen LogP contribution in [0.15, 0.2) is 55.0 Å². The van der Waals surface area contributed by atoms with E-state index in [0.29, 0.717) is 29.7 Å². The Hall–Kier alpha value is -4.19. The summed E-state index contributed by atoms with van der Waals surface area (Å²) in [6.45, 7) is 1.96. The maximum Gasteiger partial charge on any atom is 0.417 e. The first-order valence-electron chi connectivity index (χ1n) is 15.0. The molecule has 0 bridgehead atoms. The molecule has 2 aromatic heterocycles. The minimum Gasteiger partial charge on any atom is -0.334 e. The van der Waals surface area contributed by atoms with Gasteiger partial charge in [0.2, 0.25) is 5.91 Å².